The molecule has 2 aromatic rings. The molecule has 0 aromatic heterocycles. The molecule has 2 aromatic carbocycles. The third kappa shape index (κ3) is 9.43. The van der Waals surface area contributed by atoms with Gasteiger partial charge in [-0.1, -0.05) is 38.1 Å². The third-order valence-corrected chi connectivity index (χ3v) is 12.4. The van der Waals surface area contributed by atoms with Gasteiger partial charge in [-0.05, 0) is 149 Å². The summed E-state index contributed by atoms with van der Waals surface area (Å²) in [4.78, 5) is 25.5. The summed E-state index contributed by atoms with van der Waals surface area (Å²) < 4.78 is 43.3. The van der Waals surface area contributed by atoms with Gasteiger partial charge in [-0.25, -0.2) is 4.21 Å². The second-order valence-electron chi connectivity index (χ2n) is 15.7. The van der Waals surface area contributed by atoms with Crippen LogP contribution in [0.1, 0.15) is 110 Å². The van der Waals surface area contributed by atoms with Crippen LogP contribution < -0.4 is 10.6 Å². The van der Waals surface area contributed by atoms with E-state index in [4.69, 9.17) is 4.18 Å². The normalized spacial score (nSPS) is 26.1. The van der Waals surface area contributed by atoms with E-state index < -0.39 is 32.3 Å². The fraction of sp³-hybridized carbons (Fsp3) is 0.561. The maximum atomic E-state index is 12.9. The van der Waals surface area contributed by atoms with Crippen LogP contribution >= 0.6 is 0 Å². The first kappa shape index (κ1) is 42.3. The molecular formula is C41H58N2O8S2. The standard InChI is InChI=1S/C20H27NO4S.C19H25NO2.C2H6O2S/c1-12-6-8-20(9-7-12)18(25-26(5,23)24)17(19(22)21-20)16-11-14(3)13(2)10-15(16)4;1-11-5-7-19(8-6-11)17(21)16(18(22)20-19)15-10-13(3)12(2)9-14(15)4;1-4-5(2)3/h10-12H,6-9H2,1-5H3,(H,21,22);9-11,21H,5-8H2,1-4H3,(H,20,22);1-2H3. The van der Waals surface area contributed by atoms with Crippen LogP contribution in [0.25, 0.3) is 11.1 Å². The van der Waals surface area contributed by atoms with Gasteiger partial charge >= 0.3 is 10.1 Å². The van der Waals surface area contributed by atoms with Crippen LogP contribution in [0, 0.1) is 53.4 Å². The van der Waals surface area contributed by atoms with Crippen LogP contribution in [0.4, 0.5) is 0 Å². The van der Waals surface area contributed by atoms with Crippen molar-refractivity contribution >= 4 is 44.2 Å². The molecule has 292 valence electrons. The first-order valence-electron chi connectivity index (χ1n) is 18.4. The zero-order valence-corrected chi connectivity index (χ0v) is 34.9. The van der Waals surface area contributed by atoms with Crippen molar-refractivity contribution in [2.75, 3.05) is 19.6 Å². The number of rotatable bonds is 5. The van der Waals surface area contributed by atoms with E-state index in [1.807, 2.05) is 52.8 Å². The molecule has 2 aliphatic carbocycles. The van der Waals surface area contributed by atoms with Crippen molar-refractivity contribution in [1.82, 2.24) is 10.6 Å². The van der Waals surface area contributed by atoms with Crippen LogP contribution in [0.2, 0.25) is 0 Å². The first-order chi connectivity index (χ1) is 24.6. The molecule has 12 heteroatoms. The summed E-state index contributed by atoms with van der Waals surface area (Å²) in [6.45, 7) is 16.5. The minimum Gasteiger partial charge on any atom is -0.509 e. The summed E-state index contributed by atoms with van der Waals surface area (Å²) in [7, 11) is -2.34. The SMILES string of the molecule is COS(C)=O.Cc1cc(C)c(C2=C(O)C3(CCC(C)CC3)NC2=O)cc1C.Cc1cc(C)c(C2=C(OS(C)(=O)=O)C3(CCC(C)CC3)NC2=O)cc1C. The van der Waals surface area contributed by atoms with Crippen molar-refractivity contribution in [3.8, 4) is 0 Å². The van der Waals surface area contributed by atoms with Gasteiger partial charge in [-0.3, -0.25) is 13.8 Å². The van der Waals surface area contributed by atoms with E-state index in [9.17, 15) is 27.3 Å². The van der Waals surface area contributed by atoms with Crippen molar-refractivity contribution in [3.05, 3.63) is 80.3 Å². The van der Waals surface area contributed by atoms with Gasteiger partial charge in [0.1, 0.15) is 11.3 Å². The van der Waals surface area contributed by atoms with Gasteiger partial charge in [0, 0.05) is 6.26 Å². The fourth-order valence-electron chi connectivity index (χ4n) is 7.82. The van der Waals surface area contributed by atoms with Gasteiger partial charge in [0.25, 0.3) is 11.8 Å². The smallest absolute Gasteiger partial charge is 0.306 e. The Morgan fingerprint density at radius 3 is 1.47 bits per heavy atom. The lowest BCUT2D eigenvalue weighted by Crippen LogP contribution is -2.47. The predicted molar refractivity (Wildman–Crippen MR) is 212 cm³/mol. The summed E-state index contributed by atoms with van der Waals surface area (Å²) in [6, 6.07) is 8.10. The number of amides is 2. The quantitative estimate of drug-likeness (QED) is 0.269. The fourth-order valence-corrected chi connectivity index (χ4v) is 8.36. The topological polar surface area (TPSA) is 148 Å². The van der Waals surface area contributed by atoms with Gasteiger partial charge in [0.15, 0.2) is 16.8 Å². The Labute approximate surface area is 319 Å². The number of aliphatic hydroxyl groups excluding tert-OH is 1. The van der Waals surface area contributed by atoms with Crippen LogP contribution in [-0.2, 0) is 39.2 Å². The molecule has 2 saturated carbocycles. The molecule has 2 heterocycles. The van der Waals surface area contributed by atoms with Gasteiger partial charge in [0.2, 0.25) is 0 Å². The zero-order valence-electron chi connectivity index (χ0n) is 33.2. The van der Waals surface area contributed by atoms with Crippen LogP contribution in [0.5, 0.6) is 0 Å². The molecule has 1 unspecified atom stereocenters. The molecule has 6 rings (SSSR count). The Morgan fingerprint density at radius 2 is 1.06 bits per heavy atom. The van der Waals surface area contributed by atoms with Crippen molar-refractivity contribution < 1.29 is 35.7 Å². The molecule has 53 heavy (non-hydrogen) atoms. The van der Waals surface area contributed by atoms with E-state index in [1.54, 1.807) is 0 Å². The molecule has 0 bridgehead atoms. The maximum Gasteiger partial charge on any atom is 0.306 e. The molecule has 2 fully saturated rings. The van der Waals surface area contributed by atoms with Crippen LogP contribution in [0.15, 0.2) is 35.8 Å². The summed E-state index contributed by atoms with van der Waals surface area (Å²) in [5.41, 5.74) is 7.76. The second kappa shape index (κ2) is 16.5. The third-order valence-electron chi connectivity index (χ3n) is 11.5. The summed E-state index contributed by atoms with van der Waals surface area (Å²) in [5.74, 6) is 1.40. The lowest BCUT2D eigenvalue weighted by atomic mass is 9.76. The van der Waals surface area contributed by atoms with Gasteiger partial charge in [0.05, 0.1) is 30.1 Å². The zero-order chi connectivity index (χ0) is 39.6. The average molecular weight is 771 g/mol. The highest BCUT2D eigenvalue weighted by Crippen LogP contribution is 2.46. The molecule has 2 amide bonds. The van der Waals surface area contributed by atoms with E-state index in [1.165, 1.54) is 18.9 Å². The number of carbonyl (C=O) groups is 2. The molecule has 0 radical (unpaired) electrons. The molecule has 3 N–H and O–H groups in total. The highest BCUT2D eigenvalue weighted by Gasteiger charge is 2.50. The monoisotopic (exact) mass is 770 g/mol. The lowest BCUT2D eigenvalue weighted by molar-refractivity contribution is -0.117. The van der Waals surface area contributed by atoms with E-state index in [2.05, 4.69) is 41.7 Å². The molecule has 10 nitrogen and oxygen atoms in total. The summed E-state index contributed by atoms with van der Waals surface area (Å²) >= 11 is -1.07. The van der Waals surface area contributed by atoms with Gasteiger partial charge in [-0.15, -0.1) is 0 Å². The molecule has 2 spiro atoms. The van der Waals surface area contributed by atoms with Crippen molar-refractivity contribution in [1.29, 1.82) is 0 Å². The Balaban J connectivity index is 0.000000212. The molecular weight excluding hydrogens is 713 g/mol. The molecule has 1 atom stereocenters. The van der Waals surface area contributed by atoms with Crippen LogP contribution in [-0.4, -0.2) is 60.2 Å². The van der Waals surface area contributed by atoms with Gasteiger partial charge in [-0.2, -0.15) is 8.42 Å². The Morgan fingerprint density at radius 1 is 0.698 bits per heavy atom. The average Bonchev–Trinajstić information content (AvgIpc) is 3.46. The van der Waals surface area contributed by atoms with Crippen LogP contribution in [0.3, 0.4) is 0 Å². The van der Waals surface area contributed by atoms with Crippen molar-refractivity contribution in [3.63, 3.8) is 0 Å². The summed E-state index contributed by atoms with van der Waals surface area (Å²) in [5, 5.41) is 17.0. The minimum atomic E-state index is -3.74. The number of hydrogen-bond donors (Lipinski definition) is 3. The van der Waals surface area contributed by atoms with Crippen molar-refractivity contribution in [2.24, 2.45) is 11.8 Å². The minimum absolute atomic E-state index is 0.126. The van der Waals surface area contributed by atoms with E-state index in [0.717, 1.165) is 83.7 Å². The van der Waals surface area contributed by atoms with Crippen molar-refractivity contribution in [2.45, 2.75) is 118 Å². The number of carbonyl (C=O) groups excluding carboxylic acids is 2. The second-order valence-corrected chi connectivity index (χ2v) is 18.4. The molecule has 0 saturated heterocycles. The van der Waals surface area contributed by atoms with E-state index >= 15 is 0 Å². The number of aryl methyl sites for hydroxylation is 6. The summed E-state index contributed by atoms with van der Waals surface area (Å²) in [6.07, 6.45) is 9.50. The van der Waals surface area contributed by atoms with E-state index in [-0.39, 0.29) is 23.3 Å². The number of aliphatic hydroxyl groups is 1. The first-order valence-corrected chi connectivity index (χ1v) is 21.7. The Bertz CT molecular complexity index is 1950. The molecule has 4 aliphatic rings. The largest absolute Gasteiger partial charge is 0.509 e. The molecule has 2 aliphatic heterocycles. The number of hydrogen-bond acceptors (Lipinski definition) is 8. The number of nitrogens with one attached hydrogen (secondary N) is 2. The maximum absolute atomic E-state index is 12.9. The number of benzene rings is 2. The van der Waals surface area contributed by atoms with E-state index in [0.29, 0.717) is 35.8 Å². The Hall–Kier alpha value is -3.48. The highest BCUT2D eigenvalue weighted by molar-refractivity contribution is 7.86. The lowest BCUT2D eigenvalue weighted by Gasteiger charge is -2.37. The highest BCUT2D eigenvalue weighted by atomic mass is 32.2. The Kier molecular flexibility index (Phi) is 13.1. The van der Waals surface area contributed by atoms with Gasteiger partial charge < -0.3 is 19.9 Å². The predicted octanol–water partition coefficient (Wildman–Crippen LogP) is 7.26.